The molecular formula is C28H24ClNO5. The van der Waals surface area contributed by atoms with Gasteiger partial charge in [0.1, 0.15) is 12.4 Å². The summed E-state index contributed by atoms with van der Waals surface area (Å²) < 4.78 is 17.2. The molecule has 4 aromatic rings. The highest BCUT2D eigenvalue weighted by molar-refractivity contribution is 6.31. The Kier molecular flexibility index (Phi) is 5.99. The molecule has 0 amide bonds. The minimum atomic E-state index is -1.32. The van der Waals surface area contributed by atoms with Crippen LogP contribution in [0.4, 0.5) is 0 Å². The summed E-state index contributed by atoms with van der Waals surface area (Å²) in [5.41, 5.74) is 3.15. The van der Waals surface area contributed by atoms with E-state index in [2.05, 4.69) is 4.98 Å². The van der Waals surface area contributed by atoms with Crippen molar-refractivity contribution < 1.29 is 23.8 Å². The Balaban J connectivity index is 1.61. The normalized spacial score (nSPS) is 16.5. The number of benzene rings is 3. The lowest BCUT2D eigenvalue weighted by molar-refractivity contribution is -0.240. The van der Waals surface area contributed by atoms with Crippen molar-refractivity contribution >= 4 is 34.4 Å². The summed E-state index contributed by atoms with van der Waals surface area (Å²) in [7, 11) is 0. The first-order valence-electron chi connectivity index (χ1n) is 11.3. The van der Waals surface area contributed by atoms with E-state index in [9.17, 15) is 9.59 Å². The van der Waals surface area contributed by atoms with Gasteiger partial charge in [-0.15, -0.1) is 0 Å². The Morgan fingerprint density at radius 2 is 1.57 bits per heavy atom. The van der Waals surface area contributed by atoms with Gasteiger partial charge in [-0.3, -0.25) is 9.59 Å². The maximum Gasteiger partial charge on any atom is 0.324 e. The van der Waals surface area contributed by atoms with E-state index in [4.69, 9.17) is 25.8 Å². The van der Waals surface area contributed by atoms with Crippen LogP contribution in [0.3, 0.4) is 0 Å². The summed E-state index contributed by atoms with van der Waals surface area (Å²) >= 11 is 6.32. The molecule has 0 saturated carbocycles. The van der Waals surface area contributed by atoms with E-state index in [0.29, 0.717) is 16.3 Å². The molecule has 2 heterocycles. The predicted molar refractivity (Wildman–Crippen MR) is 132 cm³/mol. The highest BCUT2D eigenvalue weighted by atomic mass is 35.5. The number of carbonyl (C=O) groups excluding carboxylic acids is 2. The minimum absolute atomic E-state index is 0.226. The molecule has 5 rings (SSSR count). The molecule has 1 N–H and O–H groups in total. The molecule has 6 nitrogen and oxygen atoms in total. The van der Waals surface area contributed by atoms with Crippen LogP contribution in [-0.2, 0) is 25.7 Å². The van der Waals surface area contributed by atoms with Crippen LogP contribution in [0, 0.1) is 5.92 Å². The van der Waals surface area contributed by atoms with Crippen LogP contribution < -0.4 is 4.74 Å². The molecule has 1 saturated heterocycles. The van der Waals surface area contributed by atoms with E-state index in [-0.39, 0.29) is 6.61 Å². The van der Waals surface area contributed by atoms with Crippen LogP contribution >= 0.6 is 11.6 Å². The van der Waals surface area contributed by atoms with Crippen LogP contribution in [0.25, 0.3) is 10.9 Å². The molecular weight excluding hydrogens is 466 g/mol. The summed E-state index contributed by atoms with van der Waals surface area (Å²) in [6.45, 7) is 3.31. The highest BCUT2D eigenvalue weighted by Crippen LogP contribution is 2.43. The van der Waals surface area contributed by atoms with Gasteiger partial charge in [-0.1, -0.05) is 66.2 Å². The van der Waals surface area contributed by atoms with E-state index in [0.717, 1.165) is 22.0 Å². The van der Waals surface area contributed by atoms with Crippen molar-refractivity contribution in [3.63, 3.8) is 0 Å². The zero-order valence-electron chi connectivity index (χ0n) is 19.3. The smallest absolute Gasteiger partial charge is 0.324 e. The van der Waals surface area contributed by atoms with Crippen molar-refractivity contribution in [2.75, 3.05) is 0 Å². The van der Waals surface area contributed by atoms with Gasteiger partial charge in [0, 0.05) is 53.0 Å². The maximum atomic E-state index is 13.2. The summed E-state index contributed by atoms with van der Waals surface area (Å²) in [5.74, 6) is -3.97. The molecule has 1 aliphatic rings. The average molecular weight is 490 g/mol. The number of H-pyrrole nitrogens is 1. The number of hydrogen-bond donors (Lipinski definition) is 1. The Morgan fingerprint density at radius 3 is 2.34 bits per heavy atom. The van der Waals surface area contributed by atoms with Gasteiger partial charge in [0.15, 0.2) is 5.92 Å². The SMILES string of the molecule is CC1(C)OC(=O)C([C@@H](c2ccccc2OCc2ccccc2Cl)c2c[nH]c3ccccc23)C(=O)O1. The Labute approximate surface area is 207 Å². The molecule has 1 aromatic heterocycles. The molecule has 0 spiro atoms. The number of aromatic nitrogens is 1. The number of aromatic amines is 1. The van der Waals surface area contributed by atoms with E-state index in [1.807, 2.05) is 72.9 Å². The number of cyclic esters (lactones) is 2. The van der Waals surface area contributed by atoms with Crippen molar-refractivity contribution in [1.29, 1.82) is 0 Å². The molecule has 0 unspecified atom stereocenters. The molecule has 35 heavy (non-hydrogen) atoms. The molecule has 0 bridgehead atoms. The molecule has 1 atom stereocenters. The zero-order chi connectivity index (χ0) is 24.6. The van der Waals surface area contributed by atoms with Crippen LogP contribution in [-0.4, -0.2) is 22.7 Å². The van der Waals surface area contributed by atoms with E-state index >= 15 is 0 Å². The summed E-state index contributed by atoms with van der Waals surface area (Å²) in [6.07, 6.45) is 1.82. The van der Waals surface area contributed by atoms with Gasteiger partial charge in [-0.25, -0.2) is 0 Å². The third-order valence-corrected chi connectivity index (χ3v) is 6.45. The summed E-state index contributed by atoms with van der Waals surface area (Å²) in [4.78, 5) is 29.7. The molecule has 7 heteroatoms. The third-order valence-electron chi connectivity index (χ3n) is 6.09. The number of fused-ring (bicyclic) bond motifs is 1. The number of esters is 2. The minimum Gasteiger partial charge on any atom is -0.489 e. The van der Waals surface area contributed by atoms with Gasteiger partial charge in [-0.05, 0) is 23.8 Å². The topological polar surface area (TPSA) is 77.6 Å². The molecule has 0 radical (unpaired) electrons. The van der Waals surface area contributed by atoms with E-state index < -0.39 is 29.6 Å². The number of para-hydroxylation sites is 2. The fourth-order valence-corrected chi connectivity index (χ4v) is 4.71. The lowest BCUT2D eigenvalue weighted by Crippen LogP contribution is -2.48. The average Bonchev–Trinajstić information content (AvgIpc) is 3.24. The lowest BCUT2D eigenvalue weighted by Gasteiger charge is -2.36. The Morgan fingerprint density at radius 1 is 0.914 bits per heavy atom. The second-order valence-electron chi connectivity index (χ2n) is 8.90. The quantitative estimate of drug-likeness (QED) is 0.266. The number of ether oxygens (including phenoxy) is 3. The highest BCUT2D eigenvalue weighted by Gasteiger charge is 2.49. The molecule has 178 valence electrons. The second-order valence-corrected chi connectivity index (χ2v) is 9.31. The van der Waals surface area contributed by atoms with Crippen LogP contribution in [0.1, 0.15) is 36.5 Å². The van der Waals surface area contributed by atoms with Crippen molar-refractivity contribution in [3.05, 3.63) is 101 Å². The number of carbonyl (C=O) groups is 2. The number of rotatable bonds is 6. The van der Waals surface area contributed by atoms with E-state index in [1.54, 1.807) is 19.9 Å². The second kappa shape index (κ2) is 9.12. The first-order chi connectivity index (χ1) is 16.8. The number of hydrogen-bond acceptors (Lipinski definition) is 5. The molecule has 1 aliphatic heterocycles. The number of nitrogens with one attached hydrogen (secondary N) is 1. The van der Waals surface area contributed by atoms with Gasteiger partial charge in [0.05, 0.1) is 0 Å². The van der Waals surface area contributed by atoms with E-state index in [1.165, 1.54) is 0 Å². The van der Waals surface area contributed by atoms with Crippen LogP contribution in [0.2, 0.25) is 5.02 Å². The lowest BCUT2D eigenvalue weighted by atomic mass is 9.79. The Hall–Kier alpha value is -3.77. The van der Waals surface area contributed by atoms with Gasteiger partial charge in [-0.2, -0.15) is 0 Å². The fourth-order valence-electron chi connectivity index (χ4n) is 4.52. The standard InChI is InChI=1S/C28H24ClNO5/c1-28(2)34-26(31)25(27(32)35-28)24(20-15-30-22-13-7-4-10-18(20)22)19-11-5-8-14-23(19)33-16-17-9-3-6-12-21(17)29/h3-15,24-25,30H,16H2,1-2H3/t24-/m0/s1. The molecule has 3 aromatic carbocycles. The Bertz CT molecular complexity index is 1390. The van der Waals surface area contributed by atoms with Crippen molar-refractivity contribution in [3.8, 4) is 5.75 Å². The zero-order valence-corrected chi connectivity index (χ0v) is 20.0. The maximum absolute atomic E-state index is 13.2. The first kappa shape index (κ1) is 23.0. The first-order valence-corrected chi connectivity index (χ1v) is 11.7. The van der Waals surface area contributed by atoms with Crippen molar-refractivity contribution in [2.45, 2.75) is 32.2 Å². The fraction of sp³-hybridized carbons (Fsp3) is 0.214. The van der Waals surface area contributed by atoms with Crippen LogP contribution in [0.15, 0.2) is 79.0 Å². The van der Waals surface area contributed by atoms with Crippen LogP contribution in [0.5, 0.6) is 5.75 Å². The summed E-state index contributed by atoms with van der Waals surface area (Å²) in [6, 6.07) is 22.5. The third kappa shape index (κ3) is 4.49. The number of halogens is 1. The summed E-state index contributed by atoms with van der Waals surface area (Å²) in [5, 5.41) is 1.49. The van der Waals surface area contributed by atoms with Gasteiger partial charge in [0.2, 0.25) is 0 Å². The molecule has 1 fully saturated rings. The predicted octanol–water partition coefficient (Wildman–Crippen LogP) is 5.98. The van der Waals surface area contributed by atoms with Crippen molar-refractivity contribution in [2.24, 2.45) is 5.92 Å². The molecule has 0 aliphatic carbocycles. The van der Waals surface area contributed by atoms with Gasteiger partial charge in [0.25, 0.3) is 5.79 Å². The monoisotopic (exact) mass is 489 g/mol. The van der Waals surface area contributed by atoms with Gasteiger partial charge >= 0.3 is 11.9 Å². The van der Waals surface area contributed by atoms with Crippen molar-refractivity contribution in [1.82, 2.24) is 4.98 Å². The van der Waals surface area contributed by atoms with Gasteiger partial charge < -0.3 is 19.2 Å². The largest absolute Gasteiger partial charge is 0.489 e.